The fourth-order valence-electron chi connectivity index (χ4n) is 5.24. The van der Waals surface area contributed by atoms with Crippen LogP contribution in [0.3, 0.4) is 0 Å². The zero-order valence-corrected chi connectivity index (χ0v) is 28.8. The van der Waals surface area contributed by atoms with Gasteiger partial charge in [-0.05, 0) is 32.2 Å². The summed E-state index contributed by atoms with van der Waals surface area (Å²) in [7, 11) is 0. The molecule has 0 aromatic carbocycles. The molecular formula is C29H46N8O14S. The van der Waals surface area contributed by atoms with Crippen molar-refractivity contribution < 1.29 is 68.6 Å². The summed E-state index contributed by atoms with van der Waals surface area (Å²) in [5, 5.41) is 56.6. The average Bonchev–Trinajstić information content (AvgIpc) is 3.10. The Morgan fingerprint density at radius 1 is 1.00 bits per heavy atom. The van der Waals surface area contributed by atoms with Gasteiger partial charge >= 0.3 is 17.9 Å². The first-order valence-corrected chi connectivity index (χ1v) is 17.2. The fourth-order valence-corrected chi connectivity index (χ4v) is 6.65. The van der Waals surface area contributed by atoms with Crippen molar-refractivity contribution in [3.05, 3.63) is 11.3 Å². The lowest BCUT2D eigenvalue weighted by Gasteiger charge is -2.56. The molecule has 0 aromatic rings. The van der Waals surface area contributed by atoms with Crippen LogP contribution in [0, 0.1) is 0 Å². The van der Waals surface area contributed by atoms with Crippen LogP contribution in [0.2, 0.25) is 0 Å². The first-order chi connectivity index (χ1) is 24.6. The molecule has 5 amide bonds. The fraction of sp³-hybridized carbons (Fsp3) is 0.655. The van der Waals surface area contributed by atoms with Crippen LogP contribution < -0.4 is 38.5 Å². The lowest BCUT2D eigenvalue weighted by Crippen LogP contribution is -2.85. The number of carboxylic acid groups (broad SMARTS) is 2. The zero-order chi connectivity index (χ0) is 39.2. The Morgan fingerprint density at radius 2 is 1.69 bits per heavy atom. The zero-order valence-electron chi connectivity index (χ0n) is 28.0. The molecule has 0 aliphatic carbocycles. The van der Waals surface area contributed by atoms with Crippen LogP contribution >= 0.6 is 11.8 Å². The average molecular weight is 763 g/mol. The number of carbonyl (C=O) groups is 8. The molecule has 1 saturated heterocycles. The first-order valence-electron chi connectivity index (χ1n) is 16.1. The number of unbranched alkanes of at least 4 members (excludes halogenated alkanes) is 1. The number of aliphatic hydroxyl groups excluding tert-OH is 3. The van der Waals surface area contributed by atoms with Crippen molar-refractivity contribution in [2.45, 2.75) is 86.3 Å². The van der Waals surface area contributed by atoms with Crippen molar-refractivity contribution in [1.82, 2.24) is 26.2 Å². The van der Waals surface area contributed by atoms with Crippen molar-refractivity contribution in [3.63, 3.8) is 0 Å². The standard InChI is InChI=1S/C29H46N8O14S/c30-7-2-1-5-17(34-24(45)18(10-39)35-23(44)16(32)9-38)19(41)8-21(43)51-11-14-12-52-28-29(33-13-40,27(50)37(28)22(14)26(48)49)36-20(42)6-3-4-15(31)25(46)47/h13,15-19,28,38-39,41H,1-12,30-32H2,(H,33,40)(H,34,45)(H,35,44)(H,36,42)(H,46,47)(H,48,49). The second-order valence-electron chi connectivity index (χ2n) is 11.9. The quantitative estimate of drug-likeness (QED) is 0.0143. The monoisotopic (exact) mass is 762 g/mol. The SMILES string of the molecule is NCCCCC(NC(=O)C(CO)NC(=O)C(N)CO)C(O)CC(=O)OCC1=C(C(=O)O)N2C(=O)C(NC=O)(NC(=O)CCCC(N)C(=O)O)C2SC1. The van der Waals surface area contributed by atoms with E-state index in [0.717, 1.165) is 16.7 Å². The Balaban J connectivity index is 2.12. The molecule has 23 heteroatoms. The van der Waals surface area contributed by atoms with E-state index in [4.69, 9.17) is 32.2 Å². The summed E-state index contributed by atoms with van der Waals surface area (Å²) in [6, 6.07) is -5.17. The number of nitrogens with two attached hydrogens (primary N) is 3. The molecule has 2 aliphatic rings. The van der Waals surface area contributed by atoms with Crippen LogP contribution in [-0.2, 0) is 43.1 Å². The van der Waals surface area contributed by atoms with Gasteiger partial charge in [0.2, 0.25) is 29.8 Å². The molecule has 0 saturated carbocycles. The van der Waals surface area contributed by atoms with Gasteiger partial charge in [0.05, 0.1) is 31.8 Å². The van der Waals surface area contributed by atoms with Gasteiger partial charge in [0.25, 0.3) is 5.91 Å². The second kappa shape index (κ2) is 20.6. The number of carbonyl (C=O) groups excluding carboxylic acids is 6. The smallest absolute Gasteiger partial charge is 0.352 e. The first kappa shape index (κ1) is 43.8. The maximum atomic E-state index is 13.3. The summed E-state index contributed by atoms with van der Waals surface area (Å²) in [5.41, 5.74) is 13.8. The highest BCUT2D eigenvalue weighted by Crippen LogP contribution is 2.45. The molecule has 7 atom stereocenters. The van der Waals surface area contributed by atoms with Gasteiger partial charge in [-0.25, -0.2) is 4.79 Å². The van der Waals surface area contributed by atoms with Gasteiger partial charge in [-0.1, -0.05) is 6.42 Å². The van der Waals surface area contributed by atoms with Gasteiger partial charge in [0.15, 0.2) is 0 Å². The molecule has 15 N–H and O–H groups in total. The Morgan fingerprint density at radius 3 is 2.27 bits per heavy atom. The molecule has 0 aromatic heterocycles. The van der Waals surface area contributed by atoms with Crippen LogP contribution in [0.5, 0.6) is 0 Å². The molecular weight excluding hydrogens is 716 g/mol. The number of amides is 5. The van der Waals surface area contributed by atoms with E-state index >= 15 is 0 Å². The number of esters is 1. The number of β-lactam (4-membered cyclic amide) rings is 1. The van der Waals surface area contributed by atoms with Gasteiger partial charge in [-0.3, -0.25) is 38.5 Å². The number of hydrogen-bond donors (Lipinski definition) is 12. The van der Waals surface area contributed by atoms with Crippen molar-refractivity contribution in [3.8, 4) is 0 Å². The Labute approximate surface area is 301 Å². The molecule has 22 nitrogen and oxygen atoms in total. The summed E-state index contributed by atoms with van der Waals surface area (Å²) in [6.45, 7) is -1.92. The predicted molar refractivity (Wildman–Crippen MR) is 178 cm³/mol. The summed E-state index contributed by atoms with van der Waals surface area (Å²) in [4.78, 5) is 99.1. The van der Waals surface area contributed by atoms with Crippen LogP contribution in [-0.4, -0.2) is 152 Å². The van der Waals surface area contributed by atoms with E-state index in [9.17, 15) is 53.7 Å². The molecule has 0 radical (unpaired) electrons. The highest BCUT2D eigenvalue weighted by atomic mass is 32.2. The lowest BCUT2D eigenvalue weighted by atomic mass is 9.94. The summed E-state index contributed by atoms with van der Waals surface area (Å²) >= 11 is 0.948. The van der Waals surface area contributed by atoms with Crippen LogP contribution in [0.15, 0.2) is 11.3 Å². The van der Waals surface area contributed by atoms with E-state index in [1.54, 1.807) is 0 Å². The van der Waals surface area contributed by atoms with E-state index in [1.165, 1.54) is 0 Å². The van der Waals surface area contributed by atoms with Crippen molar-refractivity contribution in [2.24, 2.45) is 17.2 Å². The topological polar surface area (TPSA) is 376 Å². The number of thioether (sulfide) groups is 1. The Hall–Kier alpha value is -4.39. The van der Waals surface area contributed by atoms with Crippen LogP contribution in [0.1, 0.15) is 44.9 Å². The summed E-state index contributed by atoms with van der Waals surface area (Å²) in [6.07, 6.45) is -1.35. The highest BCUT2D eigenvalue weighted by molar-refractivity contribution is 8.00. The van der Waals surface area contributed by atoms with Gasteiger partial charge < -0.3 is 68.7 Å². The minimum absolute atomic E-state index is 0.0194. The molecule has 52 heavy (non-hydrogen) atoms. The normalized spacial score (nSPS) is 20.9. The third kappa shape index (κ3) is 11.3. The largest absolute Gasteiger partial charge is 0.480 e. The summed E-state index contributed by atoms with van der Waals surface area (Å²) in [5.74, 6) is -7.58. The number of fused-ring (bicyclic) bond motifs is 1. The van der Waals surface area contributed by atoms with Crippen LogP contribution in [0.4, 0.5) is 0 Å². The minimum atomic E-state index is -2.02. The second-order valence-corrected chi connectivity index (χ2v) is 13.0. The number of carboxylic acids is 2. The Kier molecular flexibility index (Phi) is 17.3. The number of ether oxygens (including phenoxy) is 1. The number of aliphatic carboxylic acids is 2. The van der Waals surface area contributed by atoms with E-state index < -0.39 is 115 Å². The Bertz CT molecular complexity index is 1390. The van der Waals surface area contributed by atoms with Crippen LogP contribution in [0.25, 0.3) is 0 Å². The van der Waals surface area contributed by atoms with Gasteiger partial charge in [-0.15, -0.1) is 11.8 Å². The molecule has 7 unspecified atom stereocenters. The molecule has 2 aliphatic heterocycles. The number of nitrogens with zero attached hydrogens (tertiary/aromatic N) is 1. The number of rotatable bonds is 24. The number of nitrogens with one attached hydrogen (secondary N) is 4. The molecule has 2 rings (SSSR count). The highest BCUT2D eigenvalue weighted by Gasteiger charge is 2.66. The van der Waals surface area contributed by atoms with Gasteiger partial charge in [0, 0.05) is 17.7 Å². The van der Waals surface area contributed by atoms with E-state index in [1.807, 2.05) is 0 Å². The number of hydrogen-bond acceptors (Lipinski definition) is 16. The molecule has 0 spiro atoms. The van der Waals surface area contributed by atoms with E-state index in [-0.39, 0.29) is 50.0 Å². The molecule has 2 heterocycles. The summed E-state index contributed by atoms with van der Waals surface area (Å²) < 4.78 is 5.23. The molecule has 292 valence electrons. The van der Waals surface area contributed by atoms with Gasteiger partial charge in [-0.2, -0.15) is 0 Å². The predicted octanol–water partition coefficient (Wildman–Crippen LogP) is -5.91. The maximum Gasteiger partial charge on any atom is 0.352 e. The van der Waals surface area contributed by atoms with Gasteiger partial charge in [0.1, 0.15) is 35.8 Å². The van der Waals surface area contributed by atoms with E-state index in [0.29, 0.717) is 12.8 Å². The lowest BCUT2D eigenvalue weighted by molar-refractivity contribution is -0.162. The van der Waals surface area contributed by atoms with E-state index in [2.05, 4.69) is 21.3 Å². The van der Waals surface area contributed by atoms with Crippen molar-refractivity contribution in [2.75, 3.05) is 32.1 Å². The third-order valence-corrected chi connectivity index (χ3v) is 9.50. The molecule has 0 bridgehead atoms. The minimum Gasteiger partial charge on any atom is -0.480 e. The maximum absolute atomic E-state index is 13.3. The third-order valence-electron chi connectivity index (χ3n) is 8.11. The van der Waals surface area contributed by atoms with Crippen molar-refractivity contribution in [1.29, 1.82) is 0 Å². The molecule has 1 fully saturated rings. The number of aliphatic hydroxyl groups is 3. The van der Waals surface area contributed by atoms with Crippen molar-refractivity contribution >= 4 is 59.7 Å².